The topological polar surface area (TPSA) is 43.8 Å². The molecule has 1 aliphatic heterocycles. The lowest BCUT2D eigenvalue weighted by atomic mass is 10.0. The Labute approximate surface area is 122 Å². The molecule has 1 heterocycles. The SMILES string of the molecule is CN(C)C1CCN(c2ccc(C(=O)O)c(Br)c2)CC1. The van der Waals surface area contributed by atoms with E-state index in [1.165, 1.54) is 0 Å². The molecule has 1 fully saturated rings. The number of anilines is 1. The molecule has 0 radical (unpaired) electrons. The maximum atomic E-state index is 11.0. The Morgan fingerprint density at radius 2 is 2.00 bits per heavy atom. The Morgan fingerprint density at radius 1 is 1.37 bits per heavy atom. The maximum absolute atomic E-state index is 11.0. The number of hydrogen-bond acceptors (Lipinski definition) is 3. The Kier molecular flexibility index (Phi) is 4.47. The van der Waals surface area contributed by atoms with Crippen LogP contribution >= 0.6 is 15.9 Å². The molecule has 104 valence electrons. The molecule has 1 aliphatic rings. The predicted octanol–water partition coefficient (Wildman–Crippen LogP) is 2.68. The van der Waals surface area contributed by atoms with Crippen LogP contribution in [-0.2, 0) is 0 Å². The molecular weight excluding hydrogens is 308 g/mol. The predicted molar refractivity (Wildman–Crippen MR) is 80.0 cm³/mol. The van der Waals surface area contributed by atoms with Gasteiger partial charge in [-0.1, -0.05) is 0 Å². The summed E-state index contributed by atoms with van der Waals surface area (Å²) in [6.07, 6.45) is 2.29. The zero-order chi connectivity index (χ0) is 14.0. The van der Waals surface area contributed by atoms with E-state index in [0.717, 1.165) is 31.6 Å². The lowest BCUT2D eigenvalue weighted by molar-refractivity contribution is 0.0696. The summed E-state index contributed by atoms with van der Waals surface area (Å²) in [7, 11) is 4.25. The summed E-state index contributed by atoms with van der Waals surface area (Å²) < 4.78 is 0.646. The number of rotatable bonds is 3. The van der Waals surface area contributed by atoms with Crippen LogP contribution in [0, 0.1) is 0 Å². The van der Waals surface area contributed by atoms with Crippen LogP contribution in [0.5, 0.6) is 0 Å². The van der Waals surface area contributed by atoms with Gasteiger partial charge >= 0.3 is 5.97 Å². The van der Waals surface area contributed by atoms with Gasteiger partial charge in [0.15, 0.2) is 0 Å². The van der Waals surface area contributed by atoms with Crippen LogP contribution in [0.15, 0.2) is 22.7 Å². The molecule has 0 atom stereocenters. The number of benzene rings is 1. The van der Waals surface area contributed by atoms with Crippen LogP contribution in [0.4, 0.5) is 5.69 Å². The second-order valence-electron chi connectivity index (χ2n) is 5.15. The number of piperidine rings is 1. The van der Waals surface area contributed by atoms with E-state index in [4.69, 9.17) is 5.11 Å². The van der Waals surface area contributed by atoms with E-state index in [0.29, 0.717) is 16.1 Å². The van der Waals surface area contributed by atoms with Gasteiger partial charge in [0.05, 0.1) is 5.56 Å². The standard InChI is InChI=1S/C14H19BrN2O2/c1-16(2)10-5-7-17(8-6-10)11-3-4-12(14(18)19)13(15)9-11/h3-4,9-10H,5-8H2,1-2H3,(H,18,19). The largest absolute Gasteiger partial charge is 0.478 e. The van der Waals surface area contributed by atoms with Gasteiger partial charge < -0.3 is 14.9 Å². The van der Waals surface area contributed by atoms with Crippen LogP contribution < -0.4 is 4.90 Å². The van der Waals surface area contributed by atoms with Gasteiger partial charge in [0, 0.05) is 29.3 Å². The van der Waals surface area contributed by atoms with Gasteiger partial charge in [0.2, 0.25) is 0 Å². The third-order valence-electron chi connectivity index (χ3n) is 3.74. The van der Waals surface area contributed by atoms with E-state index in [1.54, 1.807) is 6.07 Å². The lowest BCUT2D eigenvalue weighted by Crippen LogP contribution is -2.42. The van der Waals surface area contributed by atoms with Crippen molar-refractivity contribution < 1.29 is 9.90 Å². The minimum atomic E-state index is -0.898. The molecular formula is C14H19BrN2O2. The highest BCUT2D eigenvalue weighted by Gasteiger charge is 2.21. The molecule has 19 heavy (non-hydrogen) atoms. The second-order valence-corrected chi connectivity index (χ2v) is 6.01. The van der Waals surface area contributed by atoms with E-state index >= 15 is 0 Å². The van der Waals surface area contributed by atoms with Crippen LogP contribution in [0.2, 0.25) is 0 Å². The fourth-order valence-electron chi connectivity index (χ4n) is 2.51. The second kappa shape index (κ2) is 5.92. The Balaban J connectivity index is 2.08. The molecule has 0 spiro atoms. The zero-order valence-electron chi connectivity index (χ0n) is 11.3. The summed E-state index contributed by atoms with van der Waals surface area (Å²) in [5.41, 5.74) is 1.40. The number of nitrogens with zero attached hydrogens (tertiary/aromatic N) is 2. The molecule has 0 saturated carbocycles. The Morgan fingerprint density at radius 3 is 2.47 bits per heavy atom. The molecule has 1 aromatic carbocycles. The molecule has 1 saturated heterocycles. The molecule has 0 aromatic heterocycles. The van der Waals surface area contributed by atoms with Crippen molar-refractivity contribution in [3.8, 4) is 0 Å². The smallest absolute Gasteiger partial charge is 0.336 e. The van der Waals surface area contributed by atoms with Crippen molar-refractivity contribution in [2.75, 3.05) is 32.1 Å². The quantitative estimate of drug-likeness (QED) is 0.927. The zero-order valence-corrected chi connectivity index (χ0v) is 12.9. The van der Waals surface area contributed by atoms with Gasteiger partial charge in [-0.25, -0.2) is 4.79 Å². The first-order valence-corrected chi connectivity index (χ1v) is 7.22. The number of halogens is 1. The summed E-state index contributed by atoms with van der Waals surface area (Å²) in [5.74, 6) is -0.898. The third kappa shape index (κ3) is 3.28. The average Bonchev–Trinajstić information content (AvgIpc) is 2.38. The fourth-order valence-corrected chi connectivity index (χ4v) is 3.05. The highest BCUT2D eigenvalue weighted by atomic mass is 79.9. The van der Waals surface area contributed by atoms with E-state index in [9.17, 15) is 4.79 Å². The van der Waals surface area contributed by atoms with Gasteiger partial charge in [0.1, 0.15) is 0 Å². The molecule has 5 heteroatoms. The number of carboxylic acid groups (broad SMARTS) is 1. The van der Waals surface area contributed by atoms with Gasteiger partial charge in [-0.05, 0) is 61.1 Å². The van der Waals surface area contributed by atoms with Crippen LogP contribution in [0.25, 0.3) is 0 Å². The summed E-state index contributed by atoms with van der Waals surface area (Å²) in [4.78, 5) is 15.6. The Bertz CT molecular complexity index is 469. The van der Waals surface area contributed by atoms with Crippen LogP contribution in [0.3, 0.4) is 0 Å². The number of hydrogen-bond donors (Lipinski definition) is 1. The van der Waals surface area contributed by atoms with Crippen molar-refractivity contribution in [3.63, 3.8) is 0 Å². The molecule has 0 aliphatic carbocycles. The molecule has 1 N–H and O–H groups in total. The number of aromatic carboxylic acids is 1. The van der Waals surface area contributed by atoms with Crippen molar-refractivity contribution in [2.24, 2.45) is 0 Å². The van der Waals surface area contributed by atoms with Gasteiger partial charge in [0.25, 0.3) is 0 Å². The van der Waals surface area contributed by atoms with Crippen molar-refractivity contribution in [1.29, 1.82) is 0 Å². The first kappa shape index (κ1) is 14.3. The monoisotopic (exact) mass is 326 g/mol. The normalized spacial score (nSPS) is 16.9. The minimum absolute atomic E-state index is 0.312. The first-order chi connectivity index (χ1) is 8.99. The molecule has 4 nitrogen and oxygen atoms in total. The molecule has 0 amide bonds. The van der Waals surface area contributed by atoms with E-state index in [1.807, 2.05) is 12.1 Å². The summed E-state index contributed by atoms with van der Waals surface area (Å²) >= 11 is 3.33. The molecule has 0 bridgehead atoms. The first-order valence-electron chi connectivity index (χ1n) is 6.43. The lowest BCUT2D eigenvalue weighted by Gasteiger charge is -2.36. The summed E-state index contributed by atoms with van der Waals surface area (Å²) in [5, 5.41) is 9.01. The van der Waals surface area contributed by atoms with Crippen molar-refractivity contribution >= 4 is 27.6 Å². The fraction of sp³-hybridized carbons (Fsp3) is 0.500. The molecule has 0 unspecified atom stereocenters. The van der Waals surface area contributed by atoms with Gasteiger partial charge in [-0.3, -0.25) is 0 Å². The third-order valence-corrected chi connectivity index (χ3v) is 4.40. The molecule has 2 rings (SSSR count). The van der Waals surface area contributed by atoms with Crippen LogP contribution in [-0.4, -0.2) is 49.2 Å². The summed E-state index contributed by atoms with van der Waals surface area (Å²) in [6.45, 7) is 2.03. The van der Waals surface area contributed by atoms with Gasteiger partial charge in [-0.2, -0.15) is 0 Å². The van der Waals surface area contributed by atoms with Crippen molar-refractivity contribution in [1.82, 2.24) is 4.90 Å². The van der Waals surface area contributed by atoms with Crippen molar-refractivity contribution in [2.45, 2.75) is 18.9 Å². The minimum Gasteiger partial charge on any atom is -0.478 e. The number of carbonyl (C=O) groups is 1. The van der Waals surface area contributed by atoms with E-state index in [-0.39, 0.29) is 0 Å². The van der Waals surface area contributed by atoms with Crippen molar-refractivity contribution in [3.05, 3.63) is 28.2 Å². The van der Waals surface area contributed by atoms with E-state index < -0.39 is 5.97 Å². The number of carboxylic acids is 1. The Hall–Kier alpha value is -1.07. The molecule has 1 aromatic rings. The highest BCUT2D eigenvalue weighted by Crippen LogP contribution is 2.27. The van der Waals surface area contributed by atoms with Crippen LogP contribution in [0.1, 0.15) is 23.2 Å². The van der Waals surface area contributed by atoms with E-state index in [2.05, 4.69) is 39.8 Å². The maximum Gasteiger partial charge on any atom is 0.336 e. The summed E-state index contributed by atoms with van der Waals surface area (Å²) in [6, 6.07) is 6.11. The van der Waals surface area contributed by atoms with Gasteiger partial charge in [-0.15, -0.1) is 0 Å². The average molecular weight is 327 g/mol. The highest BCUT2D eigenvalue weighted by molar-refractivity contribution is 9.10.